The molecule has 3 aliphatic rings. The van der Waals surface area contributed by atoms with Gasteiger partial charge in [0.2, 0.25) is 5.91 Å². The molecule has 8 rings (SSSR count). The predicted octanol–water partition coefficient (Wildman–Crippen LogP) is 14.4. The van der Waals surface area contributed by atoms with Crippen molar-refractivity contribution in [3.05, 3.63) is 166 Å². The second-order valence-corrected chi connectivity index (χ2v) is 19.6. The van der Waals surface area contributed by atoms with E-state index >= 15 is 0 Å². The lowest BCUT2D eigenvalue weighted by molar-refractivity contribution is -0.157. The standard InChI is InChI=1S/C59H69ClN2O5/c1-61(58(65)66-43-52-50-32-20-18-30-48(50)49-31-19-21-33-51(49)52)55(57(64)62-40-24-25-41-62)42-56(63)67-59(46-28-16-13-17-29-46,53-34-22-23-35-54(53)60)47-38-36-45(37-39-47)44-26-14-11-9-7-5-3-2-4-6-8-10-12-15-27-44/h13,16-23,28-39,44,52,55H,2-12,14-15,24-27,40-43H2,1H3/t55-,59?/m1/s1. The molecule has 0 aromatic heterocycles. The predicted molar refractivity (Wildman–Crippen MR) is 269 cm³/mol. The van der Waals surface area contributed by atoms with Gasteiger partial charge in [-0.15, -0.1) is 0 Å². The molecule has 5 aromatic rings. The number of ether oxygens (including phenoxy) is 2. The molecule has 67 heavy (non-hydrogen) atoms. The quantitative estimate of drug-likeness (QED) is 0.0974. The van der Waals surface area contributed by atoms with Gasteiger partial charge in [-0.05, 0) is 65.5 Å². The van der Waals surface area contributed by atoms with Gasteiger partial charge in [-0.1, -0.05) is 216 Å². The largest absolute Gasteiger partial charge is 0.448 e. The van der Waals surface area contributed by atoms with Crippen LogP contribution in [0.25, 0.3) is 11.1 Å². The first-order valence-electron chi connectivity index (χ1n) is 25.3. The summed E-state index contributed by atoms with van der Waals surface area (Å²) in [6.45, 7) is 1.21. The molecular weight excluding hydrogens is 852 g/mol. The fourth-order valence-electron chi connectivity index (χ4n) is 11.0. The molecule has 1 heterocycles. The summed E-state index contributed by atoms with van der Waals surface area (Å²) in [5.41, 5.74) is 6.36. The van der Waals surface area contributed by atoms with E-state index in [0.717, 1.165) is 59.1 Å². The van der Waals surface area contributed by atoms with Crippen molar-refractivity contribution < 1.29 is 23.9 Å². The lowest BCUT2D eigenvalue weighted by atomic mass is 9.78. The molecule has 2 amide bonds. The third kappa shape index (κ3) is 11.5. The molecule has 352 valence electrons. The van der Waals surface area contributed by atoms with Gasteiger partial charge in [-0.25, -0.2) is 4.79 Å². The summed E-state index contributed by atoms with van der Waals surface area (Å²) in [7, 11) is 1.55. The van der Waals surface area contributed by atoms with Gasteiger partial charge in [0.25, 0.3) is 0 Å². The molecule has 1 unspecified atom stereocenters. The highest BCUT2D eigenvalue weighted by atomic mass is 35.5. The minimum atomic E-state index is -1.47. The Morgan fingerprint density at radius 3 is 1.67 bits per heavy atom. The molecule has 1 aliphatic heterocycles. The molecule has 5 aromatic carbocycles. The van der Waals surface area contributed by atoms with Gasteiger partial charge in [0, 0.05) is 47.8 Å². The highest BCUT2D eigenvalue weighted by molar-refractivity contribution is 6.31. The van der Waals surface area contributed by atoms with Crippen LogP contribution in [0.4, 0.5) is 4.79 Å². The van der Waals surface area contributed by atoms with E-state index in [9.17, 15) is 14.4 Å². The molecule has 0 N–H and O–H groups in total. The molecule has 7 nitrogen and oxygen atoms in total. The third-order valence-corrected chi connectivity index (χ3v) is 15.1. The van der Waals surface area contributed by atoms with Gasteiger partial charge in [0.15, 0.2) is 5.60 Å². The number of hydrogen-bond donors (Lipinski definition) is 0. The molecule has 1 saturated heterocycles. The zero-order valence-electron chi connectivity index (χ0n) is 39.5. The Balaban J connectivity index is 1.07. The molecule has 2 aliphatic carbocycles. The molecule has 0 radical (unpaired) electrons. The third-order valence-electron chi connectivity index (χ3n) is 14.7. The molecule has 0 spiro atoms. The summed E-state index contributed by atoms with van der Waals surface area (Å²) in [5.74, 6) is -0.648. The summed E-state index contributed by atoms with van der Waals surface area (Å²) in [4.78, 5) is 46.6. The van der Waals surface area contributed by atoms with Crippen molar-refractivity contribution >= 4 is 29.6 Å². The Morgan fingerprint density at radius 2 is 1.10 bits per heavy atom. The van der Waals surface area contributed by atoms with E-state index in [2.05, 4.69) is 48.5 Å². The Morgan fingerprint density at radius 1 is 0.612 bits per heavy atom. The van der Waals surface area contributed by atoms with E-state index in [0.29, 0.717) is 29.6 Å². The van der Waals surface area contributed by atoms with Crippen LogP contribution in [0.1, 0.15) is 161 Å². The summed E-state index contributed by atoms with van der Waals surface area (Å²) < 4.78 is 13.0. The maximum absolute atomic E-state index is 15.0. The molecule has 0 bridgehead atoms. The lowest BCUT2D eigenvalue weighted by Crippen LogP contribution is -2.50. The zero-order valence-corrected chi connectivity index (χ0v) is 40.3. The molecule has 8 heteroatoms. The maximum Gasteiger partial charge on any atom is 0.410 e. The Hall–Kier alpha value is -5.40. The molecule has 2 fully saturated rings. The van der Waals surface area contributed by atoms with E-state index in [1.807, 2.05) is 78.9 Å². The van der Waals surface area contributed by atoms with Crippen molar-refractivity contribution in [3.63, 3.8) is 0 Å². The normalized spacial score (nSPS) is 18.0. The summed E-state index contributed by atoms with van der Waals surface area (Å²) >= 11 is 7.14. The number of nitrogens with zero attached hydrogens (tertiary/aromatic N) is 2. The number of halogens is 1. The van der Waals surface area contributed by atoms with Crippen LogP contribution in [0.15, 0.2) is 127 Å². The van der Waals surface area contributed by atoms with Gasteiger partial charge < -0.3 is 14.4 Å². The van der Waals surface area contributed by atoms with E-state index < -0.39 is 23.7 Å². The van der Waals surface area contributed by atoms with Crippen LogP contribution in [0.5, 0.6) is 0 Å². The number of amides is 2. The van der Waals surface area contributed by atoms with Crippen molar-refractivity contribution in [2.45, 2.75) is 139 Å². The first-order chi connectivity index (χ1) is 32.8. The fourth-order valence-corrected chi connectivity index (χ4v) is 11.3. The fraction of sp³-hybridized carbons (Fsp3) is 0.441. The molecular formula is C59H69ClN2O5. The van der Waals surface area contributed by atoms with Gasteiger partial charge in [0.1, 0.15) is 12.6 Å². The number of likely N-dealkylation sites (tertiary alicyclic amines) is 1. The van der Waals surface area contributed by atoms with Crippen LogP contribution >= 0.6 is 11.6 Å². The van der Waals surface area contributed by atoms with E-state index in [-0.39, 0.29) is 24.9 Å². The maximum atomic E-state index is 15.0. The number of hydrogen-bond acceptors (Lipinski definition) is 5. The first kappa shape index (κ1) is 48.1. The number of fused-ring (bicyclic) bond motifs is 3. The second kappa shape index (κ2) is 23.6. The Bertz CT molecular complexity index is 2340. The second-order valence-electron chi connectivity index (χ2n) is 19.2. The van der Waals surface area contributed by atoms with Crippen LogP contribution in [0, 0.1) is 0 Å². The minimum absolute atomic E-state index is 0.0900. The number of carbonyl (C=O) groups excluding carboxylic acids is 3. The van der Waals surface area contributed by atoms with Gasteiger partial charge in [-0.2, -0.15) is 0 Å². The number of carbonyl (C=O) groups is 3. The Labute approximate surface area is 404 Å². The topological polar surface area (TPSA) is 76.1 Å². The lowest BCUT2D eigenvalue weighted by Gasteiger charge is -2.37. The van der Waals surface area contributed by atoms with Crippen molar-refractivity contribution in [2.75, 3.05) is 26.7 Å². The molecule has 1 saturated carbocycles. The van der Waals surface area contributed by atoms with Crippen LogP contribution in [0.3, 0.4) is 0 Å². The summed E-state index contributed by atoms with van der Waals surface area (Å²) in [6, 6.07) is 41.1. The van der Waals surface area contributed by atoms with Gasteiger partial charge in [0.05, 0.1) is 6.42 Å². The first-order valence-corrected chi connectivity index (χ1v) is 25.7. The van der Waals surface area contributed by atoms with Crippen LogP contribution in [-0.2, 0) is 24.7 Å². The number of likely N-dealkylation sites (N-methyl/N-ethyl adjacent to an activating group) is 1. The highest BCUT2D eigenvalue weighted by Gasteiger charge is 2.44. The smallest absolute Gasteiger partial charge is 0.410 e. The van der Waals surface area contributed by atoms with Crippen LogP contribution in [0.2, 0.25) is 5.02 Å². The monoisotopic (exact) mass is 920 g/mol. The number of esters is 1. The van der Waals surface area contributed by atoms with Gasteiger partial charge >= 0.3 is 12.1 Å². The van der Waals surface area contributed by atoms with Crippen molar-refractivity contribution in [1.29, 1.82) is 0 Å². The van der Waals surface area contributed by atoms with E-state index in [4.69, 9.17) is 21.1 Å². The van der Waals surface area contributed by atoms with Crippen LogP contribution in [-0.4, -0.2) is 60.6 Å². The minimum Gasteiger partial charge on any atom is -0.448 e. The average Bonchev–Trinajstić information content (AvgIpc) is 4.02. The van der Waals surface area contributed by atoms with E-state index in [1.54, 1.807) is 11.9 Å². The van der Waals surface area contributed by atoms with Crippen molar-refractivity contribution in [2.24, 2.45) is 0 Å². The number of rotatable bonds is 11. The van der Waals surface area contributed by atoms with Crippen LogP contribution < -0.4 is 0 Å². The van der Waals surface area contributed by atoms with Crippen molar-refractivity contribution in [1.82, 2.24) is 9.80 Å². The van der Waals surface area contributed by atoms with E-state index in [1.165, 1.54) is 93.9 Å². The Kier molecular flexibility index (Phi) is 16.9. The summed E-state index contributed by atoms with van der Waals surface area (Å²) in [6.07, 6.45) is 20.1. The molecule has 2 atom stereocenters. The number of benzene rings is 5. The highest BCUT2D eigenvalue weighted by Crippen LogP contribution is 2.46. The average molecular weight is 922 g/mol. The van der Waals surface area contributed by atoms with Gasteiger partial charge in [-0.3, -0.25) is 14.5 Å². The SMILES string of the molecule is CN(C(=O)OCC1c2ccccc2-c2ccccc21)[C@H](CC(=O)OC(c1ccccc1)(c1ccc(C2CCCCCCCCCCCCCCC2)cc1)c1ccccc1Cl)C(=O)N1CCCC1. The summed E-state index contributed by atoms with van der Waals surface area (Å²) in [5, 5.41) is 0.446. The zero-order chi connectivity index (χ0) is 46.4. The van der Waals surface area contributed by atoms with Crippen molar-refractivity contribution in [3.8, 4) is 11.1 Å².